The summed E-state index contributed by atoms with van der Waals surface area (Å²) >= 11 is 1.66. The third kappa shape index (κ3) is 4.39. The Labute approximate surface area is 151 Å². The van der Waals surface area contributed by atoms with Gasteiger partial charge in [-0.2, -0.15) is 0 Å². The van der Waals surface area contributed by atoms with E-state index < -0.39 is 5.97 Å². The maximum absolute atomic E-state index is 12.4. The molecule has 0 radical (unpaired) electrons. The highest BCUT2D eigenvalue weighted by Crippen LogP contribution is 2.34. The van der Waals surface area contributed by atoms with E-state index in [2.05, 4.69) is 6.07 Å². The lowest BCUT2D eigenvalue weighted by Crippen LogP contribution is -2.34. The molecule has 1 aromatic heterocycles. The van der Waals surface area contributed by atoms with Gasteiger partial charge in [-0.3, -0.25) is 9.59 Å². The molecule has 1 aromatic carbocycles. The molecule has 0 saturated carbocycles. The van der Waals surface area contributed by atoms with Gasteiger partial charge < -0.3 is 14.4 Å². The summed E-state index contributed by atoms with van der Waals surface area (Å²) in [6, 6.07) is 11.4. The minimum atomic E-state index is -0.398. The van der Waals surface area contributed by atoms with Crippen molar-refractivity contribution in [1.29, 1.82) is 0 Å². The molecular formula is C19H21NO4S. The molecule has 0 spiro atoms. The third-order valence-corrected chi connectivity index (χ3v) is 5.28. The van der Waals surface area contributed by atoms with E-state index in [0.29, 0.717) is 0 Å². The van der Waals surface area contributed by atoms with Gasteiger partial charge in [0.2, 0.25) is 0 Å². The van der Waals surface area contributed by atoms with E-state index in [1.165, 1.54) is 4.88 Å². The zero-order valence-electron chi connectivity index (χ0n) is 14.1. The minimum absolute atomic E-state index is 0.118. The topological polar surface area (TPSA) is 55.8 Å². The molecule has 1 amide bonds. The number of methoxy groups -OCH3 is 1. The average Bonchev–Trinajstić information content (AvgIpc) is 3.31. The lowest BCUT2D eigenvalue weighted by atomic mass is 10.1. The number of hydrogen-bond acceptors (Lipinski definition) is 5. The minimum Gasteiger partial charge on any atom is -0.497 e. The van der Waals surface area contributed by atoms with Crippen molar-refractivity contribution in [2.75, 3.05) is 20.3 Å². The number of carbonyl (C=O) groups is 2. The van der Waals surface area contributed by atoms with E-state index >= 15 is 0 Å². The van der Waals surface area contributed by atoms with Crippen LogP contribution in [0.25, 0.3) is 0 Å². The van der Waals surface area contributed by atoms with Gasteiger partial charge in [0.05, 0.1) is 19.6 Å². The summed E-state index contributed by atoms with van der Waals surface area (Å²) in [5.41, 5.74) is 0.830. The Morgan fingerprint density at radius 3 is 2.72 bits per heavy atom. The number of ether oxygens (including phenoxy) is 2. The van der Waals surface area contributed by atoms with Crippen LogP contribution in [0.1, 0.15) is 29.3 Å². The van der Waals surface area contributed by atoms with E-state index in [4.69, 9.17) is 9.47 Å². The van der Waals surface area contributed by atoms with E-state index in [0.717, 1.165) is 30.7 Å². The maximum Gasteiger partial charge on any atom is 0.310 e. The number of amides is 1. The lowest BCUT2D eigenvalue weighted by molar-refractivity contribution is -0.151. The number of hydrogen-bond donors (Lipinski definition) is 0. The first kappa shape index (κ1) is 17.5. The summed E-state index contributed by atoms with van der Waals surface area (Å²) in [7, 11) is 1.59. The van der Waals surface area contributed by atoms with Gasteiger partial charge in [0.15, 0.2) is 6.61 Å². The summed E-state index contributed by atoms with van der Waals surface area (Å²) < 4.78 is 10.3. The predicted molar refractivity (Wildman–Crippen MR) is 95.7 cm³/mol. The van der Waals surface area contributed by atoms with Crippen molar-refractivity contribution in [2.45, 2.75) is 25.3 Å². The third-order valence-electron chi connectivity index (χ3n) is 4.31. The van der Waals surface area contributed by atoms with Gasteiger partial charge >= 0.3 is 5.97 Å². The van der Waals surface area contributed by atoms with Crippen molar-refractivity contribution >= 4 is 23.2 Å². The van der Waals surface area contributed by atoms with Crippen molar-refractivity contribution in [1.82, 2.24) is 4.90 Å². The van der Waals surface area contributed by atoms with E-state index in [-0.39, 0.29) is 25.0 Å². The zero-order chi connectivity index (χ0) is 17.6. The van der Waals surface area contributed by atoms with Gasteiger partial charge in [0, 0.05) is 11.4 Å². The van der Waals surface area contributed by atoms with Gasteiger partial charge in [-0.15, -0.1) is 11.3 Å². The lowest BCUT2D eigenvalue weighted by Gasteiger charge is -2.23. The van der Waals surface area contributed by atoms with Crippen molar-refractivity contribution in [3.63, 3.8) is 0 Å². The molecule has 1 atom stereocenters. The molecule has 1 saturated heterocycles. The van der Waals surface area contributed by atoms with Gasteiger partial charge in [0.1, 0.15) is 5.75 Å². The highest BCUT2D eigenvalue weighted by atomic mass is 32.1. The summed E-state index contributed by atoms with van der Waals surface area (Å²) in [5.74, 6) is 0.213. The number of carbonyl (C=O) groups excluding carboxylic acids is 2. The van der Waals surface area contributed by atoms with Crippen LogP contribution in [0, 0.1) is 0 Å². The van der Waals surface area contributed by atoms with Crippen LogP contribution in [-0.4, -0.2) is 37.0 Å². The molecule has 2 aromatic rings. The van der Waals surface area contributed by atoms with Crippen LogP contribution in [0.5, 0.6) is 5.75 Å². The zero-order valence-corrected chi connectivity index (χ0v) is 15.0. The normalized spacial score (nSPS) is 16.7. The first-order chi connectivity index (χ1) is 12.2. The van der Waals surface area contributed by atoms with Crippen molar-refractivity contribution in [3.05, 3.63) is 52.2 Å². The SMILES string of the molecule is COc1ccc(CC(=O)OCC(=O)N2CCCC2c2cccs2)cc1. The second-order valence-corrected chi connectivity index (χ2v) is 6.93. The smallest absolute Gasteiger partial charge is 0.310 e. The van der Waals surface area contributed by atoms with Crippen LogP contribution >= 0.6 is 11.3 Å². The van der Waals surface area contributed by atoms with Gasteiger partial charge in [-0.1, -0.05) is 18.2 Å². The molecule has 2 heterocycles. The fourth-order valence-electron chi connectivity index (χ4n) is 3.03. The Balaban J connectivity index is 1.50. The van der Waals surface area contributed by atoms with Crippen LogP contribution in [0.4, 0.5) is 0 Å². The van der Waals surface area contributed by atoms with Crippen LogP contribution in [0.15, 0.2) is 41.8 Å². The molecule has 1 fully saturated rings. The van der Waals surface area contributed by atoms with Gasteiger partial charge in [-0.25, -0.2) is 0 Å². The van der Waals surface area contributed by atoms with E-state index in [1.54, 1.807) is 30.6 Å². The van der Waals surface area contributed by atoms with E-state index in [1.807, 2.05) is 28.5 Å². The Morgan fingerprint density at radius 2 is 2.04 bits per heavy atom. The first-order valence-corrected chi connectivity index (χ1v) is 9.17. The molecule has 132 valence electrons. The van der Waals surface area contributed by atoms with E-state index in [9.17, 15) is 9.59 Å². The number of thiophene rings is 1. The molecule has 5 nitrogen and oxygen atoms in total. The molecule has 25 heavy (non-hydrogen) atoms. The molecule has 1 unspecified atom stereocenters. The van der Waals surface area contributed by atoms with Gasteiger partial charge in [0.25, 0.3) is 5.91 Å². The number of benzene rings is 1. The molecule has 1 aliphatic heterocycles. The fraction of sp³-hybridized carbons (Fsp3) is 0.368. The van der Waals surface area contributed by atoms with Crippen LogP contribution < -0.4 is 4.74 Å². The molecular weight excluding hydrogens is 338 g/mol. The Bertz CT molecular complexity index is 712. The number of esters is 1. The van der Waals surface area contributed by atoms with Crippen molar-refractivity contribution in [2.24, 2.45) is 0 Å². The Hall–Kier alpha value is -2.34. The maximum atomic E-state index is 12.4. The number of nitrogens with zero attached hydrogens (tertiary/aromatic N) is 1. The largest absolute Gasteiger partial charge is 0.497 e. The summed E-state index contributed by atoms with van der Waals surface area (Å²) in [5, 5.41) is 2.02. The highest BCUT2D eigenvalue weighted by Gasteiger charge is 2.30. The quantitative estimate of drug-likeness (QED) is 0.743. The Kier molecular flexibility index (Phi) is 5.71. The Morgan fingerprint density at radius 1 is 1.24 bits per heavy atom. The summed E-state index contributed by atoms with van der Waals surface area (Å²) in [6.07, 6.45) is 2.09. The fourth-order valence-corrected chi connectivity index (χ4v) is 3.90. The molecule has 0 bridgehead atoms. The number of likely N-dealkylation sites (tertiary alicyclic amines) is 1. The van der Waals surface area contributed by atoms with Crippen molar-refractivity contribution in [3.8, 4) is 5.75 Å². The molecule has 1 aliphatic rings. The van der Waals surface area contributed by atoms with Crippen LogP contribution in [0.3, 0.4) is 0 Å². The number of rotatable bonds is 6. The first-order valence-electron chi connectivity index (χ1n) is 8.29. The molecule has 3 rings (SSSR count). The monoisotopic (exact) mass is 359 g/mol. The van der Waals surface area contributed by atoms with Crippen LogP contribution in [-0.2, 0) is 20.7 Å². The standard InChI is InChI=1S/C19H21NO4S/c1-23-15-8-6-14(7-9-15)12-19(22)24-13-18(21)20-10-2-4-16(20)17-5-3-11-25-17/h3,5-9,11,16H,2,4,10,12-13H2,1H3. The van der Waals surface area contributed by atoms with Gasteiger partial charge in [-0.05, 0) is 42.0 Å². The molecule has 0 N–H and O–H groups in total. The second kappa shape index (κ2) is 8.16. The molecule has 6 heteroatoms. The van der Waals surface area contributed by atoms with Crippen LogP contribution in [0.2, 0.25) is 0 Å². The predicted octanol–water partition coefficient (Wildman–Crippen LogP) is 3.21. The average molecular weight is 359 g/mol. The molecule has 0 aliphatic carbocycles. The summed E-state index contributed by atoms with van der Waals surface area (Å²) in [6.45, 7) is 0.522. The van der Waals surface area contributed by atoms with Crippen molar-refractivity contribution < 1.29 is 19.1 Å². The second-order valence-electron chi connectivity index (χ2n) is 5.95. The summed E-state index contributed by atoms with van der Waals surface area (Å²) in [4.78, 5) is 27.4. The highest BCUT2D eigenvalue weighted by molar-refractivity contribution is 7.10.